The molecule has 2 rings (SSSR count). The Morgan fingerprint density at radius 1 is 0.966 bits per heavy atom. The van der Waals surface area contributed by atoms with Gasteiger partial charge in [-0.2, -0.15) is 0 Å². The molecule has 2 atom stereocenters. The van der Waals surface area contributed by atoms with Crippen molar-refractivity contribution >= 4 is 12.1 Å². The van der Waals surface area contributed by atoms with Gasteiger partial charge in [0.1, 0.15) is 11.6 Å². The third-order valence-corrected chi connectivity index (χ3v) is 5.83. The van der Waals surface area contributed by atoms with Crippen molar-refractivity contribution < 1.29 is 19.4 Å². The molecule has 6 nitrogen and oxygen atoms in total. The van der Waals surface area contributed by atoms with Crippen LogP contribution in [0.5, 0.6) is 0 Å². The molecule has 0 saturated heterocycles. The number of amides is 1. The maximum atomic E-state index is 11.4. The topological polar surface area (TPSA) is 87.7 Å². The van der Waals surface area contributed by atoms with E-state index >= 15 is 0 Å². The van der Waals surface area contributed by atoms with E-state index in [4.69, 9.17) is 9.84 Å². The van der Waals surface area contributed by atoms with Crippen molar-refractivity contribution in [3.63, 3.8) is 0 Å². The van der Waals surface area contributed by atoms with Gasteiger partial charge in [0.25, 0.3) is 0 Å². The average molecular weight is 413 g/mol. The van der Waals surface area contributed by atoms with Crippen molar-refractivity contribution in [3.8, 4) is 0 Å². The third-order valence-electron chi connectivity index (χ3n) is 5.83. The molecule has 0 spiro atoms. The highest BCUT2D eigenvalue weighted by Crippen LogP contribution is 2.22. The molecule has 29 heavy (non-hydrogen) atoms. The standard InChI is InChI=1S/C12H23N.C11H21NO4/c1-3-7-11(8-4-1)13-12-9-5-2-6-10-12;1-6-7(2)8(9(13)14)12-10(15)16-11(3,4)5/h11-13H,1-10H2;7-8H,6H2,1-5H3,(H,12,15)(H,13,14)/t;7?,8-/m.0/s1. The van der Waals surface area contributed by atoms with Gasteiger partial charge in [0.2, 0.25) is 0 Å². The van der Waals surface area contributed by atoms with Crippen LogP contribution in [0.3, 0.4) is 0 Å². The summed E-state index contributed by atoms with van der Waals surface area (Å²) in [6.07, 6.45) is 14.5. The fourth-order valence-electron chi connectivity index (χ4n) is 3.99. The van der Waals surface area contributed by atoms with Crippen LogP contribution in [0, 0.1) is 5.92 Å². The van der Waals surface area contributed by atoms with Gasteiger partial charge in [0, 0.05) is 12.1 Å². The van der Waals surface area contributed by atoms with E-state index < -0.39 is 23.7 Å². The fourth-order valence-corrected chi connectivity index (χ4v) is 3.99. The molecule has 2 fully saturated rings. The molecule has 2 aliphatic rings. The van der Waals surface area contributed by atoms with E-state index in [9.17, 15) is 9.59 Å². The molecule has 0 aromatic carbocycles. The monoisotopic (exact) mass is 412 g/mol. The summed E-state index contributed by atoms with van der Waals surface area (Å²) in [7, 11) is 0. The average Bonchev–Trinajstić information content (AvgIpc) is 2.66. The largest absolute Gasteiger partial charge is 0.480 e. The predicted molar refractivity (Wildman–Crippen MR) is 117 cm³/mol. The van der Waals surface area contributed by atoms with E-state index in [1.165, 1.54) is 64.2 Å². The van der Waals surface area contributed by atoms with Gasteiger partial charge < -0.3 is 20.5 Å². The molecule has 0 radical (unpaired) electrons. The number of aliphatic carboxylic acids is 1. The maximum absolute atomic E-state index is 11.4. The number of alkyl carbamates (subject to hydrolysis) is 1. The number of hydrogen-bond donors (Lipinski definition) is 3. The van der Waals surface area contributed by atoms with E-state index in [0.717, 1.165) is 12.1 Å². The fraction of sp³-hybridized carbons (Fsp3) is 0.913. The SMILES string of the molecule is C1CCC(NC2CCCCC2)CC1.CCC(C)[C@H](NC(=O)OC(C)(C)C)C(=O)O. The first kappa shape index (κ1) is 25.7. The Morgan fingerprint density at radius 3 is 1.76 bits per heavy atom. The van der Waals surface area contributed by atoms with Gasteiger partial charge in [0.05, 0.1) is 0 Å². The number of nitrogens with one attached hydrogen (secondary N) is 2. The molecule has 0 aromatic rings. The molecule has 170 valence electrons. The highest BCUT2D eigenvalue weighted by molar-refractivity contribution is 5.80. The first-order valence-corrected chi connectivity index (χ1v) is 11.6. The summed E-state index contributed by atoms with van der Waals surface area (Å²) in [4.78, 5) is 22.3. The molecule has 0 aromatic heterocycles. The minimum absolute atomic E-state index is 0.134. The van der Waals surface area contributed by atoms with Crippen LogP contribution in [-0.4, -0.2) is 40.9 Å². The lowest BCUT2D eigenvalue weighted by molar-refractivity contribution is -0.140. The first-order chi connectivity index (χ1) is 13.6. The smallest absolute Gasteiger partial charge is 0.408 e. The zero-order valence-electron chi connectivity index (χ0n) is 19.3. The van der Waals surface area contributed by atoms with Crippen molar-refractivity contribution in [2.75, 3.05) is 0 Å². The van der Waals surface area contributed by atoms with Crippen LogP contribution in [0.4, 0.5) is 4.79 Å². The van der Waals surface area contributed by atoms with E-state index in [1.807, 2.05) is 6.92 Å². The minimum Gasteiger partial charge on any atom is -0.480 e. The Bertz CT molecular complexity index is 462. The van der Waals surface area contributed by atoms with Gasteiger partial charge in [-0.1, -0.05) is 58.8 Å². The molecule has 2 saturated carbocycles. The van der Waals surface area contributed by atoms with Crippen LogP contribution >= 0.6 is 0 Å². The van der Waals surface area contributed by atoms with E-state index in [0.29, 0.717) is 6.42 Å². The molecule has 1 unspecified atom stereocenters. The van der Waals surface area contributed by atoms with Gasteiger partial charge in [0.15, 0.2) is 0 Å². The highest BCUT2D eigenvalue weighted by Gasteiger charge is 2.27. The summed E-state index contributed by atoms with van der Waals surface area (Å²) in [5.41, 5.74) is -0.622. The van der Waals surface area contributed by atoms with Crippen LogP contribution in [-0.2, 0) is 9.53 Å². The minimum atomic E-state index is -1.04. The van der Waals surface area contributed by atoms with Crippen molar-refractivity contribution in [2.45, 2.75) is 129 Å². The number of hydrogen-bond acceptors (Lipinski definition) is 4. The molecule has 2 aliphatic carbocycles. The first-order valence-electron chi connectivity index (χ1n) is 11.6. The zero-order chi connectivity index (χ0) is 21.9. The lowest BCUT2D eigenvalue weighted by Gasteiger charge is -2.30. The van der Waals surface area contributed by atoms with Crippen molar-refractivity contribution in [3.05, 3.63) is 0 Å². The summed E-state index contributed by atoms with van der Waals surface area (Å²) >= 11 is 0. The lowest BCUT2D eigenvalue weighted by Crippen LogP contribution is -2.46. The maximum Gasteiger partial charge on any atom is 0.408 e. The number of carbonyl (C=O) groups excluding carboxylic acids is 1. The van der Waals surface area contributed by atoms with Gasteiger partial charge in [-0.05, 0) is 52.4 Å². The van der Waals surface area contributed by atoms with E-state index in [2.05, 4.69) is 10.6 Å². The molecule has 0 aliphatic heterocycles. The number of ether oxygens (including phenoxy) is 1. The molecule has 6 heteroatoms. The Morgan fingerprint density at radius 2 is 1.41 bits per heavy atom. The summed E-state index contributed by atoms with van der Waals surface area (Å²) in [5, 5.41) is 15.2. The Kier molecular flexibility index (Phi) is 11.6. The number of carboxylic acids is 1. The van der Waals surface area contributed by atoms with Crippen molar-refractivity contribution in [1.82, 2.24) is 10.6 Å². The second-order valence-corrected chi connectivity index (χ2v) is 9.68. The quantitative estimate of drug-likeness (QED) is 0.554. The van der Waals surface area contributed by atoms with E-state index in [-0.39, 0.29) is 5.92 Å². The van der Waals surface area contributed by atoms with Crippen LogP contribution in [0.1, 0.15) is 105 Å². The van der Waals surface area contributed by atoms with Gasteiger partial charge >= 0.3 is 12.1 Å². The Labute approximate surface area is 177 Å². The number of carbonyl (C=O) groups is 2. The number of carboxylic acid groups (broad SMARTS) is 1. The second kappa shape index (κ2) is 13.1. The Balaban J connectivity index is 0.000000294. The van der Waals surface area contributed by atoms with Crippen molar-refractivity contribution in [2.24, 2.45) is 5.92 Å². The van der Waals surface area contributed by atoms with E-state index in [1.54, 1.807) is 27.7 Å². The molecule has 0 heterocycles. The van der Waals surface area contributed by atoms with Gasteiger partial charge in [-0.3, -0.25) is 0 Å². The number of rotatable bonds is 6. The Hall–Kier alpha value is -1.30. The van der Waals surface area contributed by atoms with Crippen LogP contribution < -0.4 is 10.6 Å². The highest BCUT2D eigenvalue weighted by atomic mass is 16.6. The summed E-state index contributed by atoms with van der Waals surface area (Å²) in [5.74, 6) is -1.18. The van der Waals surface area contributed by atoms with Crippen LogP contribution in [0.25, 0.3) is 0 Å². The predicted octanol–water partition coefficient (Wildman–Crippen LogP) is 5.25. The molecular weight excluding hydrogens is 368 g/mol. The van der Waals surface area contributed by atoms with Gasteiger partial charge in [-0.25, -0.2) is 9.59 Å². The zero-order valence-corrected chi connectivity index (χ0v) is 19.3. The lowest BCUT2D eigenvalue weighted by atomic mass is 9.91. The molecule has 3 N–H and O–H groups in total. The third kappa shape index (κ3) is 11.5. The summed E-state index contributed by atoms with van der Waals surface area (Å²) < 4.78 is 5.00. The summed E-state index contributed by atoms with van der Waals surface area (Å²) in [6.45, 7) is 8.83. The second-order valence-electron chi connectivity index (χ2n) is 9.68. The summed E-state index contributed by atoms with van der Waals surface area (Å²) in [6, 6.07) is 0.841. The van der Waals surface area contributed by atoms with Gasteiger partial charge in [-0.15, -0.1) is 0 Å². The molecule has 1 amide bonds. The molecule has 0 bridgehead atoms. The molecular formula is C23H44N2O4. The van der Waals surface area contributed by atoms with Crippen molar-refractivity contribution in [1.29, 1.82) is 0 Å². The van der Waals surface area contributed by atoms with Crippen LogP contribution in [0.2, 0.25) is 0 Å². The van der Waals surface area contributed by atoms with Crippen LogP contribution in [0.15, 0.2) is 0 Å². The normalized spacial score (nSPS) is 20.7.